The molecule has 0 fully saturated rings. The van der Waals surface area contributed by atoms with Crippen molar-refractivity contribution < 1.29 is 9.53 Å². The van der Waals surface area contributed by atoms with Gasteiger partial charge in [-0.05, 0) is 25.0 Å². The molecule has 1 unspecified atom stereocenters. The van der Waals surface area contributed by atoms with Crippen LogP contribution in [0.5, 0.6) is 0 Å². The average Bonchev–Trinajstić information content (AvgIpc) is 2.61. The van der Waals surface area contributed by atoms with Gasteiger partial charge in [0.05, 0.1) is 11.4 Å². The zero-order valence-corrected chi connectivity index (χ0v) is 14.9. The molecule has 1 aliphatic carbocycles. The van der Waals surface area contributed by atoms with E-state index in [-0.39, 0.29) is 22.4 Å². The van der Waals surface area contributed by atoms with Crippen LogP contribution in [-0.2, 0) is 9.53 Å². The summed E-state index contributed by atoms with van der Waals surface area (Å²) in [4.78, 5) is 17.2. The van der Waals surface area contributed by atoms with E-state index in [1.54, 1.807) is 0 Å². The normalized spacial score (nSPS) is 20.0. The first-order valence-corrected chi connectivity index (χ1v) is 8.78. The lowest BCUT2D eigenvalue weighted by atomic mass is 9.78. The zero-order chi connectivity index (χ0) is 18.4. The molecule has 2 heterocycles. The van der Waals surface area contributed by atoms with Crippen LogP contribution in [-0.4, -0.2) is 10.8 Å². The minimum absolute atomic E-state index is 0.0306. The maximum absolute atomic E-state index is 12.6. The van der Waals surface area contributed by atoms with Gasteiger partial charge in [-0.1, -0.05) is 29.8 Å². The smallest absolute Gasteiger partial charge is 0.205 e. The molecule has 0 saturated heterocycles. The number of carbonyl (C=O) groups excluding carboxylic acids is 1. The predicted molar refractivity (Wildman–Crippen MR) is 98.0 cm³/mol. The molecule has 0 spiro atoms. The zero-order valence-electron chi connectivity index (χ0n) is 14.2. The first-order valence-electron chi connectivity index (χ1n) is 8.41. The van der Waals surface area contributed by atoms with Crippen molar-refractivity contribution in [3.8, 4) is 6.07 Å². The highest BCUT2D eigenvalue weighted by atomic mass is 35.5. The highest BCUT2D eigenvalue weighted by molar-refractivity contribution is 6.31. The molecule has 1 aromatic heterocycles. The number of aromatic nitrogens is 1. The summed E-state index contributed by atoms with van der Waals surface area (Å²) in [6, 6.07) is 9.83. The number of allylic oxidation sites excluding steroid dienone is 3. The average molecular weight is 366 g/mol. The van der Waals surface area contributed by atoms with Crippen LogP contribution < -0.4 is 5.73 Å². The van der Waals surface area contributed by atoms with E-state index in [4.69, 9.17) is 22.1 Å². The van der Waals surface area contributed by atoms with Crippen molar-refractivity contribution in [1.29, 1.82) is 5.26 Å². The number of carbonyl (C=O) groups is 1. The largest absolute Gasteiger partial charge is 0.444 e. The van der Waals surface area contributed by atoms with E-state index in [1.165, 1.54) is 0 Å². The predicted octanol–water partition coefficient (Wildman–Crippen LogP) is 4.01. The van der Waals surface area contributed by atoms with Gasteiger partial charge in [-0.25, -0.2) is 4.98 Å². The molecule has 26 heavy (non-hydrogen) atoms. The SMILES string of the molecule is Cc1cccc2cc(C3C(C#N)=C(N)OC4=C3C(=O)CCC4)c(Cl)nc12. The van der Waals surface area contributed by atoms with E-state index in [2.05, 4.69) is 11.1 Å². The maximum Gasteiger partial charge on any atom is 0.205 e. The molecule has 2 N–H and O–H groups in total. The van der Waals surface area contributed by atoms with Crippen LogP contribution in [0.3, 0.4) is 0 Å². The standard InChI is InChI=1S/C20H16ClN3O2/c1-10-4-2-5-11-8-12(19(21)24-18(10)11)16-13(9-22)20(23)26-15-7-3-6-14(25)17(15)16/h2,4-5,8,16H,3,6-7,23H2,1H3. The Morgan fingerprint density at radius 2 is 2.19 bits per heavy atom. The summed E-state index contributed by atoms with van der Waals surface area (Å²) in [5.41, 5.74) is 9.08. The molecule has 0 radical (unpaired) electrons. The molecular weight excluding hydrogens is 350 g/mol. The van der Waals surface area contributed by atoms with Crippen molar-refractivity contribution in [2.75, 3.05) is 0 Å². The number of hydrogen-bond donors (Lipinski definition) is 1. The maximum atomic E-state index is 12.6. The molecule has 0 bridgehead atoms. The van der Waals surface area contributed by atoms with Gasteiger partial charge in [0.15, 0.2) is 5.78 Å². The van der Waals surface area contributed by atoms with Gasteiger partial charge in [0.2, 0.25) is 5.88 Å². The second-order valence-electron chi connectivity index (χ2n) is 6.55. The van der Waals surface area contributed by atoms with E-state index in [0.29, 0.717) is 36.2 Å². The monoisotopic (exact) mass is 365 g/mol. The number of ketones is 1. The minimum atomic E-state index is -0.638. The fourth-order valence-corrected chi connectivity index (χ4v) is 3.96. The van der Waals surface area contributed by atoms with Crippen molar-refractivity contribution >= 4 is 28.3 Å². The summed E-state index contributed by atoms with van der Waals surface area (Å²) in [7, 11) is 0. The molecule has 4 rings (SSSR count). The van der Waals surface area contributed by atoms with Crippen LogP contribution in [0.25, 0.3) is 10.9 Å². The Balaban J connectivity index is 1.99. The quantitative estimate of drug-likeness (QED) is 0.771. The van der Waals surface area contributed by atoms with Crippen molar-refractivity contribution in [3.05, 3.63) is 63.3 Å². The Kier molecular flexibility index (Phi) is 3.93. The number of nitrogens with two attached hydrogens (primary N) is 1. The lowest BCUT2D eigenvalue weighted by molar-refractivity contribution is -0.116. The number of nitrogens with zero attached hydrogens (tertiary/aromatic N) is 2. The van der Waals surface area contributed by atoms with Crippen LogP contribution >= 0.6 is 11.6 Å². The molecule has 130 valence electrons. The number of halogens is 1. The molecule has 6 heteroatoms. The third kappa shape index (κ3) is 2.46. The van der Waals surface area contributed by atoms with Crippen molar-refractivity contribution in [2.45, 2.75) is 32.1 Å². The van der Waals surface area contributed by atoms with E-state index in [1.807, 2.05) is 31.2 Å². The number of Topliss-reactive ketones (excluding diaryl/α,β-unsaturated/α-hetero) is 1. The fraction of sp³-hybridized carbons (Fsp3) is 0.250. The number of nitriles is 1. The Morgan fingerprint density at radius 3 is 2.96 bits per heavy atom. The van der Waals surface area contributed by atoms with E-state index >= 15 is 0 Å². The Hall–Kier alpha value is -2.84. The summed E-state index contributed by atoms with van der Waals surface area (Å²) < 4.78 is 5.59. The lowest BCUT2D eigenvalue weighted by Crippen LogP contribution is -2.27. The summed E-state index contributed by atoms with van der Waals surface area (Å²) in [6.07, 6.45) is 1.76. The van der Waals surface area contributed by atoms with Gasteiger partial charge in [0, 0.05) is 29.4 Å². The summed E-state index contributed by atoms with van der Waals surface area (Å²) in [6.45, 7) is 1.96. The van der Waals surface area contributed by atoms with Crippen LogP contribution in [0.15, 0.2) is 47.1 Å². The number of benzene rings is 1. The van der Waals surface area contributed by atoms with Gasteiger partial charge < -0.3 is 10.5 Å². The molecule has 5 nitrogen and oxygen atoms in total. The van der Waals surface area contributed by atoms with Gasteiger partial charge in [-0.2, -0.15) is 5.26 Å². The molecule has 0 saturated carbocycles. The molecule has 2 aliphatic rings. The number of ether oxygens (including phenoxy) is 1. The number of aryl methyl sites for hydroxylation is 1. The van der Waals surface area contributed by atoms with Crippen molar-refractivity contribution in [3.63, 3.8) is 0 Å². The summed E-state index contributed by atoms with van der Waals surface area (Å²) >= 11 is 6.50. The molecule has 0 amide bonds. The Labute approximate surface area is 155 Å². The van der Waals surface area contributed by atoms with Gasteiger partial charge >= 0.3 is 0 Å². The number of hydrogen-bond acceptors (Lipinski definition) is 5. The summed E-state index contributed by atoms with van der Waals surface area (Å²) in [5.74, 6) is -0.0899. The first kappa shape index (κ1) is 16.6. The van der Waals surface area contributed by atoms with Crippen LogP contribution in [0.2, 0.25) is 5.15 Å². The van der Waals surface area contributed by atoms with Crippen LogP contribution in [0.4, 0.5) is 0 Å². The summed E-state index contributed by atoms with van der Waals surface area (Å²) in [5, 5.41) is 10.8. The number of pyridine rings is 1. The van der Waals surface area contributed by atoms with Crippen molar-refractivity contribution in [1.82, 2.24) is 4.98 Å². The second-order valence-corrected chi connectivity index (χ2v) is 6.91. The van der Waals surface area contributed by atoms with Crippen LogP contribution in [0, 0.1) is 18.3 Å². The molecular formula is C20H16ClN3O2. The number of para-hydroxylation sites is 1. The third-order valence-corrected chi connectivity index (χ3v) is 5.25. The van der Waals surface area contributed by atoms with E-state index in [0.717, 1.165) is 16.5 Å². The van der Waals surface area contributed by atoms with Crippen LogP contribution in [0.1, 0.15) is 36.3 Å². The third-order valence-electron chi connectivity index (χ3n) is 4.94. The molecule has 2 aromatic rings. The second kappa shape index (κ2) is 6.15. The fourth-order valence-electron chi connectivity index (χ4n) is 3.71. The number of rotatable bonds is 1. The van der Waals surface area contributed by atoms with Gasteiger partial charge in [-0.3, -0.25) is 4.79 Å². The number of fused-ring (bicyclic) bond motifs is 1. The van der Waals surface area contributed by atoms with Gasteiger partial charge in [0.25, 0.3) is 0 Å². The molecule has 1 atom stereocenters. The van der Waals surface area contributed by atoms with Gasteiger partial charge in [0.1, 0.15) is 22.6 Å². The van der Waals surface area contributed by atoms with E-state index < -0.39 is 5.92 Å². The first-order chi connectivity index (χ1) is 12.5. The van der Waals surface area contributed by atoms with E-state index in [9.17, 15) is 10.1 Å². The lowest BCUT2D eigenvalue weighted by Gasteiger charge is -2.31. The van der Waals surface area contributed by atoms with Gasteiger partial charge in [-0.15, -0.1) is 0 Å². The molecule has 1 aromatic carbocycles. The highest BCUT2D eigenvalue weighted by Crippen LogP contribution is 2.45. The Bertz CT molecular complexity index is 1060. The topological polar surface area (TPSA) is 89.0 Å². The Morgan fingerprint density at radius 1 is 1.38 bits per heavy atom. The van der Waals surface area contributed by atoms with Crippen molar-refractivity contribution in [2.24, 2.45) is 5.73 Å². The molecule has 1 aliphatic heterocycles. The minimum Gasteiger partial charge on any atom is -0.444 e. The highest BCUT2D eigenvalue weighted by Gasteiger charge is 2.39.